The number of nitrogens with one attached hydrogen (secondary N) is 2. The predicted octanol–water partition coefficient (Wildman–Crippen LogP) is 0.430. The molecule has 3 aliphatic rings. The second-order valence-corrected chi connectivity index (χ2v) is 8.10. The molecule has 2 fully saturated rings. The first kappa shape index (κ1) is 19.2. The molecule has 0 spiro atoms. The summed E-state index contributed by atoms with van der Waals surface area (Å²) in [4.78, 5) is 24.5. The van der Waals surface area contributed by atoms with Crippen LogP contribution in [0, 0.1) is 11.3 Å². The molecule has 0 aliphatic heterocycles. The Hall–Kier alpha value is -1.54. The number of hydrogen-bond acceptors (Lipinski definition) is 6. The molecule has 0 aromatic rings. The first-order valence-electron chi connectivity index (χ1n) is 9.40. The van der Waals surface area contributed by atoms with E-state index in [2.05, 4.69) is 22.8 Å². The summed E-state index contributed by atoms with van der Waals surface area (Å²) in [5, 5.41) is 26.0. The molecule has 7 heteroatoms. The third-order valence-electron chi connectivity index (χ3n) is 5.70. The van der Waals surface area contributed by atoms with Gasteiger partial charge in [0.05, 0.1) is 11.2 Å². The van der Waals surface area contributed by atoms with Crippen molar-refractivity contribution in [3.8, 4) is 0 Å². The summed E-state index contributed by atoms with van der Waals surface area (Å²) in [6.07, 6.45) is 8.59. The second kappa shape index (κ2) is 7.23. The quantitative estimate of drug-likeness (QED) is 0.315. The summed E-state index contributed by atoms with van der Waals surface area (Å²) in [5.74, 6) is -0.624. The summed E-state index contributed by atoms with van der Waals surface area (Å²) in [6, 6.07) is 0. The second-order valence-electron chi connectivity index (χ2n) is 8.10. The SMILES string of the molecule is CC1(/C=C(/NC(=O)C2CC2)C(O)NC2(C(=O)C(N)O)CCC2)C=CCC1. The summed E-state index contributed by atoms with van der Waals surface area (Å²) in [6.45, 7) is 2.04. The molecule has 144 valence electrons. The van der Waals surface area contributed by atoms with Crippen LogP contribution >= 0.6 is 0 Å². The topological polar surface area (TPSA) is 125 Å². The normalized spacial score (nSPS) is 29.8. The average molecular weight is 363 g/mol. The van der Waals surface area contributed by atoms with Gasteiger partial charge in [0, 0.05) is 11.3 Å². The van der Waals surface area contributed by atoms with Gasteiger partial charge in [0.2, 0.25) is 5.91 Å². The van der Waals surface area contributed by atoms with Crippen molar-refractivity contribution < 1.29 is 19.8 Å². The monoisotopic (exact) mass is 363 g/mol. The van der Waals surface area contributed by atoms with Crippen molar-refractivity contribution in [2.75, 3.05) is 0 Å². The van der Waals surface area contributed by atoms with E-state index in [0.29, 0.717) is 18.5 Å². The molecular formula is C19H29N3O4. The van der Waals surface area contributed by atoms with Crippen molar-refractivity contribution >= 4 is 11.7 Å². The zero-order valence-electron chi connectivity index (χ0n) is 15.2. The number of ketones is 1. The third kappa shape index (κ3) is 4.06. The highest BCUT2D eigenvalue weighted by molar-refractivity contribution is 5.92. The maximum absolute atomic E-state index is 12.3. The van der Waals surface area contributed by atoms with Gasteiger partial charge in [-0.15, -0.1) is 0 Å². The van der Waals surface area contributed by atoms with E-state index in [1.807, 2.05) is 13.0 Å². The fourth-order valence-electron chi connectivity index (χ4n) is 3.69. The highest BCUT2D eigenvalue weighted by Crippen LogP contribution is 2.37. The molecular weight excluding hydrogens is 334 g/mol. The van der Waals surface area contributed by atoms with E-state index >= 15 is 0 Å². The lowest BCUT2D eigenvalue weighted by atomic mass is 9.72. The zero-order valence-corrected chi connectivity index (χ0v) is 15.2. The zero-order chi connectivity index (χ0) is 18.9. The molecule has 0 bridgehead atoms. The summed E-state index contributed by atoms with van der Waals surface area (Å²) in [5.41, 5.74) is 4.43. The molecule has 3 atom stereocenters. The number of amides is 1. The van der Waals surface area contributed by atoms with Crippen molar-refractivity contribution in [2.24, 2.45) is 17.1 Å². The standard InChI is InChI=1S/C19H29N3O4/c1-18(7-2-3-8-18)11-13(21-16(25)12-5-6-12)17(26)22-19(9-4-10-19)14(23)15(20)24/h2,7,11-12,15,17,22,24,26H,3-6,8-10,20H2,1H3,(H,21,25)/b13-11+. The number of aliphatic hydroxyl groups excluding tert-OH is 2. The van der Waals surface area contributed by atoms with E-state index in [0.717, 1.165) is 32.1 Å². The van der Waals surface area contributed by atoms with Crippen LogP contribution in [0.4, 0.5) is 0 Å². The van der Waals surface area contributed by atoms with Gasteiger partial charge in [-0.3, -0.25) is 20.6 Å². The predicted molar refractivity (Wildman–Crippen MR) is 96.4 cm³/mol. The number of hydrogen-bond donors (Lipinski definition) is 5. The number of carbonyl (C=O) groups excluding carboxylic acids is 2. The first-order chi connectivity index (χ1) is 12.2. The Bertz CT molecular complexity index is 635. The molecule has 2 saturated carbocycles. The highest BCUT2D eigenvalue weighted by Gasteiger charge is 2.47. The Morgan fingerprint density at radius 1 is 1.27 bits per heavy atom. The van der Waals surface area contributed by atoms with Crippen LogP contribution < -0.4 is 16.4 Å². The van der Waals surface area contributed by atoms with E-state index < -0.39 is 23.8 Å². The molecule has 3 aliphatic carbocycles. The minimum atomic E-state index is -1.58. The van der Waals surface area contributed by atoms with Gasteiger partial charge in [0.25, 0.3) is 0 Å². The van der Waals surface area contributed by atoms with Crippen LogP contribution in [0.3, 0.4) is 0 Å². The molecule has 0 heterocycles. The largest absolute Gasteiger partial charge is 0.373 e. The van der Waals surface area contributed by atoms with Crippen molar-refractivity contribution in [2.45, 2.75) is 69.9 Å². The highest BCUT2D eigenvalue weighted by atomic mass is 16.3. The van der Waals surface area contributed by atoms with Crippen molar-refractivity contribution in [3.05, 3.63) is 23.9 Å². The number of aliphatic hydroxyl groups is 2. The Morgan fingerprint density at radius 3 is 2.42 bits per heavy atom. The number of carbonyl (C=O) groups is 2. The lowest BCUT2D eigenvalue weighted by Gasteiger charge is -2.43. The van der Waals surface area contributed by atoms with E-state index in [-0.39, 0.29) is 17.2 Å². The third-order valence-corrected chi connectivity index (χ3v) is 5.70. The Balaban J connectivity index is 1.78. The minimum Gasteiger partial charge on any atom is -0.373 e. The maximum atomic E-state index is 12.3. The maximum Gasteiger partial charge on any atom is 0.227 e. The van der Waals surface area contributed by atoms with Crippen LogP contribution in [0.1, 0.15) is 51.9 Å². The molecule has 0 aromatic carbocycles. The molecule has 3 unspecified atom stereocenters. The van der Waals surface area contributed by atoms with Crippen LogP contribution in [-0.2, 0) is 9.59 Å². The molecule has 26 heavy (non-hydrogen) atoms. The van der Waals surface area contributed by atoms with Crippen molar-refractivity contribution in [1.29, 1.82) is 0 Å². The first-order valence-corrected chi connectivity index (χ1v) is 9.40. The van der Waals surface area contributed by atoms with Gasteiger partial charge in [-0.25, -0.2) is 0 Å². The number of rotatable bonds is 8. The smallest absolute Gasteiger partial charge is 0.227 e. The molecule has 0 aromatic heterocycles. The summed E-state index contributed by atoms with van der Waals surface area (Å²) >= 11 is 0. The fourth-order valence-corrected chi connectivity index (χ4v) is 3.69. The number of allylic oxidation sites excluding steroid dienone is 3. The van der Waals surface area contributed by atoms with Gasteiger partial charge in [-0.05, 0) is 44.9 Å². The molecule has 1 amide bonds. The summed E-state index contributed by atoms with van der Waals surface area (Å²) in [7, 11) is 0. The van der Waals surface area contributed by atoms with Gasteiger partial charge in [0.15, 0.2) is 12.0 Å². The molecule has 0 saturated heterocycles. The van der Waals surface area contributed by atoms with Crippen LogP contribution in [0.15, 0.2) is 23.9 Å². The molecule has 0 radical (unpaired) electrons. The Labute approximate surface area is 153 Å². The Kier molecular flexibility index (Phi) is 5.35. The van der Waals surface area contributed by atoms with Gasteiger partial charge in [0.1, 0.15) is 6.23 Å². The Morgan fingerprint density at radius 2 is 1.96 bits per heavy atom. The van der Waals surface area contributed by atoms with Crippen LogP contribution in [0.25, 0.3) is 0 Å². The lowest BCUT2D eigenvalue weighted by molar-refractivity contribution is -0.139. The van der Waals surface area contributed by atoms with E-state index in [1.54, 1.807) is 0 Å². The van der Waals surface area contributed by atoms with Gasteiger partial charge in [-0.1, -0.05) is 25.2 Å². The van der Waals surface area contributed by atoms with Gasteiger partial charge >= 0.3 is 0 Å². The van der Waals surface area contributed by atoms with Crippen LogP contribution in [0.2, 0.25) is 0 Å². The van der Waals surface area contributed by atoms with E-state index in [1.165, 1.54) is 0 Å². The van der Waals surface area contributed by atoms with Crippen LogP contribution in [0.5, 0.6) is 0 Å². The van der Waals surface area contributed by atoms with E-state index in [9.17, 15) is 19.8 Å². The van der Waals surface area contributed by atoms with E-state index in [4.69, 9.17) is 5.73 Å². The van der Waals surface area contributed by atoms with Crippen molar-refractivity contribution in [1.82, 2.24) is 10.6 Å². The fraction of sp³-hybridized carbons (Fsp3) is 0.684. The van der Waals surface area contributed by atoms with Gasteiger partial charge < -0.3 is 15.5 Å². The molecule has 7 nitrogen and oxygen atoms in total. The summed E-state index contributed by atoms with van der Waals surface area (Å²) < 4.78 is 0. The lowest BCUT2D eigenvalue weighted by Crippen LogP contribution is -2.65. The van der Waals surface area contributed by atoms with Crippen molar-refractivity contribution in [3.63, 3.8) is 0 Å². The average Bonchev–Trinajstić information content (AvgIpc) is 3.32. The van der Waals surface area contributed by atoms with Crippen LogP contribution in [-0.4, -0.2) is 39.9 Å². The number of Topliss-reactive ketones (excluding diaryl/α,β-unsaturated/α-hetero) is 1. The van der Waals surface area contributed by atoms with Gasteiger partial charge in [-0.2, -0.15) is 0 Å². The minimum absolute atomic E-state index is 0.00249. The molecule has 3 rings (SSSR count). The number of nitrogens with two attached hydrogens (primary N) is 1. The molecule has 6 N–H and O–H groups in total.